The lowest BCUT2D eigenvalue weighted by Crippen LogP contribution is -2.59. The fraction of sp³-hybridized carbons (Fsp3) is 0.636. The molecule has 0 radical (unpaired) electrons. The number of aliphatic hydroxyl groups is 1. The van der Waals surface area contributed by atoms with E-state index in [1.807, 2.05) is 28.9 Å². The van der Waals surface area contributed by atoms with Gasteiger partial charge in [-0.15, -0.1) is 0 Å². The van der Waals surface area contributed by atoms with Crippen molar-refractivity contribution < 1.29 is 9.90 Å². The number of nitrogens with one attached hydrogen (secondary N) is 1. The fourth-order valence-corrected chi connectivity index (χ4v) is 6.40. The summed E-state index contributed by atoms with van der Waals surface area (Å²) in [4.78, 5) is 13.3. The fourth-order valence-electron chi connectivity index (χ4n) is 6.40. The van der Waals surface area contributed by atoms with Crippen molar-refractivity contribution in [3.05, 3.63) is 30.0 Å². The average Bonchev–Trinajstić information content (AvgIpc) is 3.00. The molecule has 2 aromatic rings. The number of carbonyl (C=O) groups excluding carboxylic acids is 1. The van der Waals surface area contributed by atoms with Crippen LogP contribution in [0.15, 0.2) is 24.3 Å². The van der Waals surface area contributed by atoms with Crippen LogP contribution < -0.4 is 5.32 Å². The molecule has 144 valence electrons. The maximum Gasteiger partial charge on any atom is 0.272 e. The second-order valence-corrected chi connectivity index (χ2v) is 9.17. The van der Waals surface area contributed by atoms with Crippen molar-refractivity contribution in [1.29, 1.82) is 0 Å². The maximum absolute atomic E-state index is 13.3. The Morgan fingerprint density at radius 3 is 2.44 bits per heavy atom. The van der Waals surface area contributed by atoms with E-state index in [9.17, 15) is 4.79 Å². The van der Waals surface area contributed by atoms with Gasteiger partial charge in [-0.1, -0.05) is 18.2 Å². The number of hydrogen-bond donors (Lipinski definition) is 2. The highest BCUT2D eigenvalue weighted by Gasteiger charge is 2.51. The van der Waals surface area contributed by atoms with E-state index < -0.39 is 0 Å². The molecule has 2 N–H and O–H groups in total. The topological polar surface area (TPSA) is 67.2 Å². The smallest absolute Gasteiger partial charge is 0.272 e. The molecule has 6 rings (SSSR count). The number of nitrogens with zero attached hydrogens (tertiary/aromatic N) is 2. The first-order valence-electron chi connectivity index (χ1n) is 10.5. The van der Waals surface area contributed by atoms with E-state index in [1.54, 1.807) is 0 Å². The largest absolute Gasteiger partial charge is 0.396 e. The van der Waals surface area contributed by atoms with Crippen LogP contribution in [0, 0.1) is 17.8 Å². The Bertz CT molecular complexity index is 821. The molecule has 0 saturated heterocycles. The van der Waals surface area contributed by atoms with Gasteiger partial charge < -0.3 is 10.4 Å². The molecule has 1 aromatic heterocycles. The minimum absolute atomic E-state index is 0.00550. The molecule has 5 nitrogen and oxygen atoms in total. The number of rotatable bonds is 6. The maximum atomic E-state index is 13.3. The average molecular weight is 367 g/mol. The first-order chi connectivity index (χ1) is 13.2. The molecule has 4 bridgehead atoms. The normalized spacial score (nSPS) is 31.5. The Hall–Kier alpha value is -1.88. The number of para-hydroxylation sites is 1. The van der Waals surface area contributed by atoms with Crippen molar-refractivity contribution in [2.24, 2.45) is 17.8 Å². The van der Waals surface area contributed by atoms with E-state index in [0.29, 0.717) is 5.69 Å². The van der Waals surface area contributed by atoms with Gasteiger partial charge in [0.1, 0.15) is 0 Å². The molecule has 4 saturated carbocycles. The van der Waals surface area contributed by atoms with Crippen LogP contribution in [0.25, 0.3) is 10.9 Å². The Morgan fingerprint density at radius 2 is 1.78 bits per heavy atom. The van der Waals surface area contributed by atoms with Crippen LogP contribution >= 0.6 is 0 Å². The molecule has 1 heterocycles. The van der Waals surface area contributed by atoms with Crippen LogP contribution in [0.1, 0.15) is 61.9 Å². The quantitative estimate of drug-likeness (QED) is 0.768. The molecule has 1 amide bonds. The zero-order valence-electron chi connectivity index (χ0n) is 15.9. The lowest BCUT2D eigenvalue weighted by atomic mass is 9.53. The Kier molecular flexibility index (Phi) is 4.23. The van der Waals surface area contributed by atoms with Crippen molar-refractivity contribution >= 4 is 16.8 Å². The summed E-state index contributed by atoms with van der Waals surface area (Å²) >= 11 is 0. The molecule has 4 aliphatic rings. The van der Waals surface area contributed by atoms with Crippen molar-refractivity contribution in [3.8, 4) is 0 Å². The number of aromatic nitrogens is 2. The number of fused-ring (bicyclic) bond motifs is 1. The minimum atomic E-state index is -0.00550. The first kappa shape index (κ1) is 17.2. The molecule has 0 unspecified atom stereocenters. The lowest BCUT2D eigenvalue weighted by molar-refractivity contribution is -0.0167. The number of hydrogen-bond acceptors (Lipinski definition) is 3. The van der Waals surface area contributed by atoms with Crippen LogP contribution in [-0.2, 0) is 6.54 Å². The summed E-state index contributed by atoms with van der Waals surface area (Å²) in [5, 5.41) is 18.1. The van der Waals surface area contributed by atoms with Gasteiger partial charge in [0.2, 0.25) is 0 Å². The van der Waals surface area contributed by atoms with Crippen molar-refractivity contribution in [2.45, 2.75) is 63.5 Å². The Balaban J connectivity index is 1.41. The summed E-state index contributed by atoms with van der Waals surface area (Å²) in [6, 6.07) is 8.00. The van der Waals surface area contributed by atoms with E-state index >= 15 is 0 Å². The number of aliphatic hydroxyl groups excluding tert-OH is 1. The summed E-state index contributed by atoms with van der Waals surface area (Å²) in [7, 11) is 0. The lowest BCUT2D eigenvalue weighted by Gasteiger charge is -2.56. The van der Waals surface area contributed by atoms with Gasteiger partial charge >= 0.3 is 0 Å². The van der Waals surface area contributed by atoms with Gasteiger partial charge in [-0.25, -0.2) is 0 Å². The Morgan fingerprint density at radius 1 is 1.11 bits per heavy atom. The second-order valence-electron chi connectivity index (χ2n) is 9.17. The van der Waals surface area contributed by atoms with E-state index in [-0.39, 0.29) is 18.1 Å². The van der Waals surface area contributed by atoms with Gasteiger partial charge in [0, 0.05) is 24.1 Å². The van der Waals surface area contributed by atoms with Crippen LogP contribution in [0.2, 0.25) is 0 Å². The number of amides is 1. The van der Waals surface area contributed by atoms with Crippen molar-refractivity contribution in [1.82, 2.24) is 15.1 Å². The monoisotopic (exact) mass is 367 g/mol. The number of aryl methyl sites for hydroxylation is 1. The highest BCUT2D eigenvalue weighted by molar-refractivity contribution is 6.05. The third-order valence-corrected chi connectivity index (χ3v) is 7.07. The molecule has 1 aromatic carbocycles. The summed E-state index contributed by atoms with van der Waals surface area (Å²) in [5.41, 5.74) is 1.57. The van der Waals surface area contributed by atoms with Crippen molar-refractivity contribution in [3.63, 3.8) is 0 Å². The molecular formula is C22H29N3O2. The number of benzene rings is 1. The van der Waals surface area contributed by atoms with E-state index in [1.165, 1.54) is 19.3 Å². The van der Waals surface area contributed by atoms with Gasteiger partial charge in [0.25, 0.3) is 5.91 Å². The molecule has 5 heteroatoms. The predicted molar refractivity (Wildman–Crippen MR) is 104 cm³/mol. The van der Waals surface area contributed by atoms with E-state index in [2.05, 4.69) is 10.4 Å². The molecule has 0 aliphatic heterocycles. The van der Waals surface area contributed by atoms with Crippen LogP contribution in [0.3, 0.4) is 0 Å². The number of carbonyl (C=O) groups is 1. The molecule has 0 spiro atoms. The Labute approximate surface area is 160 Å². The molecule has 0 atom stereocenters. The summed E-state index contributed by atoms with van der Waals surface area (Å²) < 4.78 is 1.93. The summed E-state index contributed by atoms with van der Waals surface area (Å²) in [6.45, 7) is 0.921. The molecule has 27 heavy (non-hydrogen) atoms. The van der Waals surface area contributed by atoms with Gasteiger partial charge in [-0.3, -0.25) is 9.48 Å². The van der Waals surface area contributed by atoms with Gasteiger partial charge in [0.05, 0.1) is 5.52 Å². The van der Waals surface area contributed by atoms with Gasteiger partial charge in [0.15, 0.2) is 5.69 Å². The predicted octanol–water partition coefficient (Wildman–Crippen LogP) is 3.51. The summed E-state index contributed by atoms with van der Waals surface area (Å²) in [6.07, 6.45) is 9.19. The van der Waals surface area contributed by atoms with Crippen LogP contribution in [-0.4, -0.2) is 32.9 Å². The van der Waals surface area contributed by atoms with E-state index in [4.69, 9.17) is 5.11 Å². The second kappa shape index (κ2) is 6.62. The van der Waals surface area contributed by atoms with Crippen molar-refractivity contribution in [2.75, 3.05) is 6.61 Å². The minimum Gasteiger partial charge on any atom is -0.396 e. The van der Waals surface area contributed by atoms with Crippen LogP contribution in [0.5, 0.6) is 0 Å². The van der Waals surface area contributed by atoms with Gasteiger partial charge in [-0.2, -0.15) is 5.10 Å². The molecule has 4 aliphatic carbocycles. The highest BCUT2D eigenvalue weighted by Crippen LogP contribution is 2.55. The summed E-state index contributed by atoms with van der Waals surface area (Å²) in [5.74, 6) is 2.42. The SMILES string of the molecule is O=C(NC12CC3CC(CC(C3)C1)C2)c1nn(CCCCO)c2ccccc12. The van der Waals surface area contributed by atoms with Crippen LogP contribution in [0.4, 0.5) is 0 Å². The van der Waals surface area contributed by atoms with Gasteiger partial charge in [-0.05, 0) is 75.2 Å². The highest BCUT2D eigenvalue weighted by atomic mass is 16.2. The zero-order valence-corrected chi connectivity index (χ0v) is 15.9. The van der Waals surface area contributed by atoms with E-state index in [0.717, 1.165) is 67.3 Å². The standard InChI is InChI=1S/C22H29N3O2/c26-8-4-3-7-25-19-6-2-1-5-18(19)20(24-25)21(27)23-22-12-15-9-16(13-22)11-17(10-15)14-22/h1-2,5-6,15-17,26H,3-4,7-14H2,(H,23,27). The number of unbranched alkanes of at least 4 members (excludes halogenated alkanes) is 1. The molecule has 4 fully saturated rings. The third-order valence-electron chi connectivity index (χ3n) is 7.07. The third kappa shape index (κ3) is 3.06. The first-order valence-corrected chi connectivity index (χ1v) is 10.5. The zero-order chi connectivity index (χ0) is 18.4. The molecular weight excluding hydrogens is 338 g/mol.